The molecule has 2 heteroatoms. The summed E-state index contributed by atoms with van der Waals surface area (Å²) in [4.78, 5) is 2.06. The summed E-state index contributed by atoms with van der Waals surface area (Å²) in [7, 11) is 1.99. The van der Waals surface area contributed by atoms with Crippen molar-refractivity contribution in [3.05, 3.63) is 65.7 Å². The highest BCUT2D eigenvalue weighted by Gasteiger charge is 2.10. The third-order valence-corrected chi connectivity index (χ3v) is 3.11. The van der Waals surface area contributed by atoms with Crippen molar-refractivity contribution in [2.75, 3.05) is 18.5 Å². The highest BCUT2D eigenvalue weighted by molar-refractivity contribution is 5.45. The van der Waals surface area contributed by atoms with Crippen molar-refractivity contribution in [1.82, 2.24) is 0 Å². The van der Waals surface area contributed by atoms with E-state index in [0.717, 1.165) is 11.3 Å². The lowest BCUT2D eigenvalue weighted by molar-refractivity contribution is 0.185. The van der Waals surface area contributed by atoms with E-state index < -0.39 is 6.10 Å². The van der Waals surface area contributed by atoms with E-state index in [1.54, 1.807) is 0 Å². The summed E-state index contributed by atoms with van der Waals surface area (Å²) in [5, 5.41) is 10.2. The molecule has 2 aromatic rings. The van der Waals surface area contributed by atoms with E-state index in [9.17, 15) is 5.11 Å². The predicted octanol–water partition coefficient (Wildman–Crippen LogP) is 3.16. The average Bonchev–Trinajstić information content (AvgIpc) is 2.40. The fourth-order valence-corrected chi connectivity index (χ4v) is 1.94. The van der Waals surface area contributed by atoms with Gasteiger partial charge in [0.15, 0.2) is 0 Å². The van der Waals surface area contributed by atoms with E-state index >= 15 is 0 Å². The van der Waals surface area contributed by atoms with E-state index in [2.05, 4.69) is 4.90 Å². The first-order valence-corrected chi connectivity index (χ1v) is 6.17. The standard InChI is InChI=1S/C16H19NO/c1-13-8-10-14(11-9-13)16(18)12-17(2)15-6-4-3-5-7-15/h3-11,16,18H,12H2,1-2H3. The van der Waals surface area contributed by atoms with Gasteiger partial charge >= 0.3 is 0 Å². The molecule has 0 amide bonds. The number of hydrogen-bond donors (Lipinski definition) is 1. The van der Waals surface area contributed by atoms with Crippen molar-refractivity contribution in [1.29, 1.82) is 0 Å². The Morgan fingerprint density at radius 3 is 2.22 bits per heavy atom. The number of nitrogens with zero attached hydrogens (tertiary/aromatic N) is 1. The van der Waals surface area contributed by atoms with E-state index in [1.807, 2.05) is 68.6 Å². The van der Waals surface area contributed by atoms with E-state index in [4.69, 9.17) is 0 Å². The number of para-hydroxylation sites is 1. The quantitative estimate of drug-likeness (QED) is 0.888. The van der Waals surface area contributed by atoms with Crippen LogP contribution in [0.1, 0.15) is 17.2 Å². The van der Waals surface area contributed by atoms with Gasteiger partial charge in [-0.15, -0.1) is 0 Å². The molecule has 0 aromatic heterocycles. The van der Waals surface area contributed by atoms with Crippen molar-refractivity contribution >= 4 is 5.69 Å². The molecule has 0 radical (unpaired) electrons. The van der Waals surface area contributed by atoms with Crippen molar-refractivity contribution in [3.63, 3.8) is 0 Å². The topological polar surface area (TPSA) is 23.5 Å². The summed E-state index contributed by atoms with van der Waals surface area (Å²) in [5.74, 6) is 0. The molecule has 1 N–H and O–H groups in total. The summed E-state index contributed by atoms with van der Waals surface area (Å²) in [6.07, 6.45) is -0.462. The molecular weight excluding hydrogens is 222 g/mol. The van der Waals surface area contributed by atoms with E-state index in [0.29, 0.717) is 6.54 Å². The number of likely N-dealkylation sites (N-methyl/N-ethyl adjacent to an activating group) is 1. The maximum Gasteiger partial charge on any atom is 0.0964 e. The van der Waals surface area contributed by atoms with Crippen LogP contribution in [0.5, 0.6) is 0 Å². The molecule has 0 aliphatic heterocycles. The van der Waals surface area contributed by atoms with Gasteiger partial charge in [0.25, 0.3) is 0 Å². The average molecular weight is 241 g/mol. The second kappa shape index (κ2) is 5.69. The Morgan fingerprint density at radius 2 is 1.61 bits per heavy atom. The Balaban J connectivity index is 2.03. The normalized spacial score (nSPS) is 12.2. The molecule has 0 fully saturated rings. The maximum absolute atomic E-state index is 10.2. The van der Waals surface area contributed by atoms with Gasteiger partial charge in [-0.1, -0.05) is 48.0 Å². The van der Waals surface area contributed by atoms with Crippen LogP contribution in [0.4, 0.5) is 5.69 Å². The lowest BCUT2D eigenvalue weighted by Crippen LogP contribution is -2.24. The van der Waals surface area contributed by atoms with Gasteiger partial charge in [-0.3, -0.25) is 0 Å². The zero-order valence-electron chi connectivity index (χ0n) is 10.9. The summed E-state index contributed by atoms with van der Waals surface area (Å²) in [6.45, 7) is 2.64. The number of aryl methyl sites for hydroxylation is 1. The zero-order valence-corrected chi connectivity index (χ0v) is 10.9. The zero-order chi connectivity index (χ0) is 13.0. The van der Waals surface area contributed by atoms with E-state index in [-0.39, 0.29) is 0 Å². The number of anilines is 1. The molecule has 18 heavy (non-hydrogen) atoms. The van der Waals surface area contributed by atoms with Crippen LogP contribution in [0.15, 0.2) is 54.6 Å². The number of aliphatic hydroxyl groups excluding tert-OH is 1. The van der Waals surface area contributed by atoms with Crippen LogP contribution in [0.2, 0.25) is 0 Å². The Bertz CT molecular complexity index is 478. The first kappa shape index (κ1) is 12.7. The van der Waals surface area contributed by atoms with Crippen molar-refractivity contribution in [3.8, 4) is 0 Å². The lowest BCUT2D eigenvalue weighted by atomic mass is 10.1. The molecule has 0 heterocycles. The predicted molar refractivity (Wildman–Crippen MR) is 75.9 cm³/mol. The number of benzene rings is 2. The van der Waals surface area contributed by atoms with Gasteiger partial charge in [-0.25, -0.2) is 0 Å². The largest absolute Gasteiger partial charge is 0.387 e. The Labute approximate surface area is 109 Å². The molecular formula is C16H19NO. The minimum atomic E-state index is -0.462. The Morgan fingerprint density at radius 1 is 1.00 bits per heavy atom. The monoisotopic (exact) mass is 241 g/mol. The van der Waals surface area contributed by atoms with Gasteiger partial charge < -0.3 is 10.0 Å². The first-order valence-electron chi connectivity index (χ1n) is 6.17. The molecule has 1 unspecified atom stereocenters. The molecule has 2 aromatic carbocycles. The summed E-state index contributed by atoms with van der Waals surface area (Å²) >= 11 is 0. The second-order valence-electron chi connectivity index (χ2n) is 4.64. The van der Waals surface area contributed by atoms with Crippen LogP contribution in [-0.4, -0.2) is 18.7 Å². The molecule has 0 aliphatic rings. The highest BCUT2D eigenvalue weighted by Crippen LogP contribution is 2.18. The lowest BCUT2D eigenvalue weighted by Gasteiger charge is -2.23. The fourth-order valence-electron chi connectivity index (χ4n) is 1.94. The van der Waals surface area contributed by atoms with Gasteiger partial charge in [-0.05, 0) is 24.6 Å². The smallest absolute Gasteiger partial charge is 0.0964 e. The minimum Gasteiger partial charge on any atom is -0.387 e. The Hall–Kier alpha value is -1.80. The summed E-state index contributed by atoms with van der Waals surface area (Å²) < 4.78 is 0. The van der Waals surface area contributed by atoms with Gasteiger partial charge in [-0.2, -0.15) is 0 Å². The second-order valence-corrected chi connectivity index (χ2v) is 4.64. The molecule has 0 aliphatic carbocycles. The molecule has 1 atom stereocenters. The van der Waals surface area contributed by atoms with Crippen LogP contribution >= 0.6 is 0 Å². The number of aliphatic hydroxyl groups is 1. The summed E-state index contributed by atoms with van der Waals surface area (Å²) in [6, 6.07) is 18.1. The van der Waals surface area contributed by atoms with Gasteiger partial charge in [0.1, 0.15) is 0 Å². The van der Waals surface area contributed by atoms with Gasteiger partial charge in [0.05, 0.1) is 6.10 Å². The van der Waals surface area contributed by atoms with Crippen LogP contribution < -0.4 is 4.90 Å². The molecule has 94 valence electrons. The highest BCUT2D eigenvalue weighted by atomic mass is 16.3. The third kappa shape index (κ3) is 3.11. The van der Waals surface area contributed by atoms with Crippen molar-refractivity contribution in [2.45, 2.75) is 13.0 Å². The molecule has 0 bridgehead atoms. The number of rotatable bonds is 4. The van der Waals surface area contributed by atoms with Crippen LogP contribution in [-0.2, 0) is 0 Å². The van der Waals surface area contributed by atoms with Gasteiger partial charge in [0.2, 0.25) is 0 Å². The first-order chi connectivity index (χ1) is 8.66. The van der Waals surface area contributed by atoms with Crippen molar-refractivity contribution < 1.29 is 5.11 Å². The Kier molecular flexibility index (Phi) is 4.00. The van der Waals surface area contributed by atoms with Crippen LogP contribution in [0.3, 0.4) is 0 Å². The minimum absolute atomic E-state index is 0.462. The molecule has 0 saturated heterocycles. The molecule has 2 nitrogen and oxygen atoms in total. The van der Waals surface area contributed by atoms with Crippen molar-refractivity contribution in [2.24, 2.45) is 0 Å². The SMILES string of the molecule is Cc1ccc(C(O)CN(C)c2ccccc2)cc1. The summed E-state index contributed by atoms with van der Waals surface area (Å²) in [5.41, 5.74) is 3.29. The van der Waals surface area contributed by atoms with Crippen LogP contribution in [0.25, 0.3) is 0 Å². The van der Waals surface area contributed by atoms with E-state index in [1.165, 1.54) is 5.56 Å². The molecule has 0 spiro atoms. The fraction of sp³-hybridized carbons (Fsp3) is 0.250. The molecule has 0 saturated carbocycles. The van der Waals surface area contributed by atoms with Crippen LogP contribution in [0, 0.1) is 6.92 Å². The third-order valence-electron chi connectivity index (χ3n) is 3.11. The number of hydrogen-bond acceptors (Lipinski definition) is 2. The maximum atomic E-state index is 10.2. The molecule has 2 rings (SSSR count). The van der Waals surface area contributed by atoms with Gasteiger partial charge in [0, 0.05) is 19.3 Å².